The van der Waals surface area contributed by atoms with Crippen molar-refractivity contribution in [3.8, 4) is 0 Å². The molecule has 1 aromatic heterocycles. The predicted molar refractivity (Wildman–Crippen MR) is 67.6 cm³/mol. The van der Waals surface area contributed by atoms with E-state index in [-0.39, 0.29) is 6.04 Å². The lowest BCUT2D eigenvalue weighted by Crippen LogP contribution is -2.38. The first-order valence-corrected chi connectivity index (χ1v) is 7.03. The van der Waals surface area contributed by atoms with Crippen molar-refractivity contribution in [1.82, 2.24) is 5.32 Å². The fourth-order valence-electron chi connectivity index (χ4n) is 1.86. The van der Waals surface area contributed by atoms with Crippen molar-refractivity contribution in [2.45, 2.75) is 31.4 Å². The molecule has 0 bridgehead atoms. The third-order valence-electron chi connectivity index (χ3n) is 2.69. The number of rotatable bonds is 2. The Kier molecular flexibility index (Phi) is 4.07. The normalized spacial score (nSPS) is 24.1. The number of halogens is 2. The van der Waals surface area contributed by atoms with Crippen LogP contribution in [0.15, 0.2) is 9.85 Å². The lowest BCUT2D eigenvalue weighted by atomic mass is 9.99. The van der Waals surface area contributed by atoms with E-state index in [9.17, 15) is 5.11 Å². The zero-order valence-corrected chi connectivity index (χ0v) is 11.3. The Morgan fingerprint density at radius 1 is 1.60 bits per heavy atom. The molecule has 0 radical (unpaired) electrons. The van der Waals surface area contributed by atoms with E-state index in [0.29, 0.717) is 5.02 Å². The Balaban J connectivity index is 2.08. The minimum atomic E-state index is -0.431. The first-order chi connectivity index (χ1) is 7.18. The highest BCUT2D eigenvalue weighted by molar-refractivity contribution is 9.11. The number of piperidine rings is 1. The lowest BCUT2D eigenvalue weighted by Gasteiger charge is -2.27. The van der Waals surface area contributed by atoms with Crippen LogP contribution in [0.4, 0.5) is 0 Å². The summed E-state index contributed by atoms with van der Waals surface area (Å²) in [7, 11) is 0. The Hall–Kier alpha value is 0.390. The molecule has 2 N–H and O–H groups in total. The van der Waals surface area contributed by atoms with Crippen LogP contribution >= 0.6 is 38.9 Å². The molecule has 0 aliphatic carbocycles. The average molecular weight is 311 g/mol. The van der Waals surface area contributed by atoms with Crippen molar-refractivity contribution in [1.29, 1.82) is 0 Å². The van der Waals surface area contributed by atoms with E-state index in [4.69, 9.17) is 11.6 Å². The lowest BCUT2D eigenvalue weighted by molar-refractivity contribution is 0.117. The van der Waals surface area contributed by atoms with Crippen molar-refractivity contribution in [2.24, 2.45) is 0 Å². The SMILES string of the molecule is OC(c1cc(Cl)c(Br)s1)C1CCCCN1. The standard InChI is InChI=1S/C10H13BrClNOS/c11-10-6(12)5-8(15-10)9(14)7-3-1-2-4-13-7/h5,7,9,13-14H,1-4H2. The van der Waals surface area contributed by atoms with Crippen molar-refractivity contribution >= 4 is 38.9 Å². The summed E-state index contributed by atoms with van der Waals surface area (Å²) in [6.07, 6.45) is 3.00. The molecule has 0 amide bonds. The van der Waals surface area contributed by atoms with Gasteiger partial charge in [0.15, 0.2) is 0 Å². The van der Waals surface area contributed by atoms with Crippen molar-refractivity contribution < 1.29 is 5.11 Å². The minimum absolute atomic E-state index is 0.181. The molecule has 1 aliphatic heterocycles. The third-order valence-corrected chi connectivity index (χ3v) is 5.23. The van der Waals surface area contributed by atoms with Crippen molar-refractivity contribution in [2.75, 3.05) is 6.54 Å². The molecule has 1 fully saturated rings. The van der Waals surface area contributed by atoms with Gasteiger partial charge < -0.3 is 10.4 Å². The summed E-state index contributed by atoms with van der Waals surface area (Å²) in [5.74, 6) is 0. The maximum atomic E-state index is 10.2. The quantitative estimate of drug-likeness (QED) is 0.878. The largest absolute Gasteiger partial charge is 0.386 e. The summed E-state index contributed by atoms with van der Waals surface area (Å²) < 4.78 is 0.897. The van der Waals surface area contributed by atoms with Gasteiger partial charge in [-0.3, -0.25) is 0 Å². The Morgan fingerprint density at radius 2 is 2.40 bits per heavy atom. The molecule has 2 rings (SSSR count). The van der Waals surface area contributed by atoms with E-state index in [1.807, 2.05) is 6.07 Å². The summed E-state index contributed by atoms with van der Waals surface area (Å²) in [4.78, 5) is 0.936. The predicted octanol–water partition coefficient (Wildman–Crippen LogP) is 3.34. The van der Waals surface area contributed by atoms with Gasteiger partial charge in [-0.05, 0) is 41.4 Å². The molecule has 1 aromatic rings. The van der Waals surface area contributed by atoms with Gasteiger partial charge in [-0.15, -0.1) is 11.3 Å². The summed E-state index contributed by atoms with van der Waals surface area (Å²) >= 11 is 10.8. The first-order valence-electron chi connectivity index (χ1n) is 5.04. The number of aliphatic hydroxyl groups excluding tert-OH is 1. The summed E-state index contributed by atoms with van der Waals surface area (Å²) in [6.45, 7) is 1.00. The first kappa shape index (κ1) is 11.9. The molecule has 1 aliphatic rings. The highest BCUT2D eigenvalue weighted by Gasteiger charge is 2.24. The second kappa shape index (κ2) is 5.15. The molecule has 84 valence electrons. The molecule has 0 aromatic carbocycles. The third kappa shape index (κ3) is 2.74. The molecule has 2 heterocycles. The smallest absolute Gasteiger partial charge is 0.103 e. The van der Waals surface area contributed by atoms with Crippen molar-refractivity contribution in [3.63, 3.8) is 0 Å². The van der Waals surface area contributed by atoms with Crippen LogP contribution in [0, 0.1) is 0 Å². The second-order valence-corrected chi connectivity index (χ2v) is 6.58. The fourth-order valence-corrected chi connectivity index (χ4v) is 3.65. The van der Waals surface area contributed by atoms with Gasteiger partial charge in [-0.2, -0.15) is 0 Å². The van der Waals surface area contributed by atoms with Gasteiger partial charge in [0.25, 0.3) is 0 Å². The maximum Gasteiger partial charge on any atom is 0.103 e. The van der Waals surface area contributed by atoms with Crippen LogP contribution in [-0.2, 0) is 0 Å². The molecule has 2 atom stereocenters. The summed E-state index contributed by atoms with van der Waals surface area (Å²) in [6, 6.07) is 2.03. The molecule has 5 heteroatoms. The van der Waals surface area contributed by atoms with Gasteiger partial charge in [-0.1, -0.05) is 18.0 Å². The molecule has 0 saturated carbocycles. The summed E-state index contributed by atoms with van der Waals surface area (Å²) in [5.41, 5.74) is 0. The topological polar surface area (TPSA) is 32.3 Å². The number of hydrogen-bond donors (Lipinski definition) is 2. The van der Waals surface area contributed by atoms with Gasteiger partial charge >= 0.3 is 0 Å². The Bertz CT molecular complexity index is 319. The van der Waals surface area contributed by atoms with E-state index < -0.39 is 6.10 Å². The number of hydrogen-bond acceptors (Lipinski definition) is 3. The molecule has 15 heavy (non-hydrogen) atoms. The summed E-state index contributed by atoms with van der Waals surface area (Å²) in [5, 5.41) is 14.2. The number of nitrogens with one attached hydrogen (secondary N) is 1. The van der Waals surface area contributed by atoms with Gasteiger partial charge in [-0.25, -0.2) is 0 Å². The highest BCUT2D eigenvalue weighted by atomic mass is 79.9. The fraction of sp³-hybridized carbons (Fsp3) is 0.600. The average Bonchev–Trinajstić information content (AvgIpc) is 2.59. The van der Waals surface area contributed by atoms with Crippen LogP contribution in [0.5, 0.6) is 0 Å². The molecule has 2 unspecified atom stereocenters. The molecular formula is C10H13BrClNOS. The zero-order valence-electron chi connectivity index (χ0n) is 8.17. The van der Waals surface area contributed by atoms with E-state index >= 15 is 0 Å². The minimum Gasteiger partial charge on any atom is -0.386 e. The van der Waals surface area contributed by atoms with Crippen LogP contribution in [0.3, 0.4) is 0 Å². The zero-order chi connectivity index (χ0) is 10.8. The van der Waals surface area contributed by atoms with E-state index in [1.165, 1.54) is 24.2 Å². The van der Waals surface area contributed by atoms with E-state index in [2.05, 4.69) is 21.2 Å². The number of thiophene rings is 1. The van der Waals surface area contributed by atoms with Crippen LogP contribution in [0.25, 0.3) is 0 Å². The van der Waals surface area contributed by atoms with Crippen LogP contribution < -0.4 is 5.32 Å². The van der Waals surface area contributed by atoms with Gasteiger partial charge in [0.05, 0.1) is 8.81 Å². The highest BCUT2D eigenvalue weighted by Crippen LogP contribution is 2.37. The Morgan fingerprint density at radius 3 is 2.93 bits per heavy atom. The second-order valence-electron chi connectivity index (χ2n) is 3.77. The number of aliphatic hydroxyl groups is 1. The van der Waals surface area contributed by atoms with Crippen LogP contribution in [0.1, 0.15) is 30.2 Å². The van der Waals surface area contributed by atoms with E-state index in [0.717, 1.165) is 21.6 Å². The monoisotopic (exact) mass is 309 g/mol. The Labute approximate surface area is 107 Å². The van der Waals surface area contributed by atoms with Gasteiger partial charge in [0, 0.05) is 10.9 Å². The molecule has 0 spiro atoms. The molecule has 1 saturated heterocycles. The molecular weight excluding hydrogens is 298 g/mol. The van der Waals surface area contributed by atoms with Crippen LogP contribution in [0.2, 0.25) is 5.02 Å². The van der Waals surface area contributed by atoms with Gasteiger partial charge in [0.2, 0.25) is 0 Å². The van der Waals surface area contributed by atoms with Crippen LogP contribution in [-0.4, -0.2) is 17.7 Å². The van der Waals surface area contributed by atoms with Gasteiger partial charge in [0.1, 0.15) is 6.10 Å². The van der Waals surface area contributed by atoms with Crippen molar-refractivity contribution in [3.05, 3.63) is 19.8 Å². The molecule has 2 nitrogen and oxygen atoms in total. The maximum absolute atomic E-state index is 10.2. The van der Waals surface area contributed by atoms with E-state index in [1.54, 1.807) is 0 Å².